The summed E-state index contributed by atoms with van der Waals surface area (Å²) in [5.41, 5.74) is 0. The number of nitrogens with one attached hydrogen (secondary N) is 2. The molecule has 108 valence electrons. The maximum Gasteiger partial charge on any atom is 0.249 e. The lowest BCUT2D eigenvalue weighted by Gasteiger charge is -2.32. The molecule has 1 aliphatic rings. The first-order valence-electron chi connectivity index (χ1n) is 6.32. The second-order valence-corrected chi connectivity index (χ2v) is 5.12. The highest BCUT2D eigenvalue weighted by atomic mass is 32.2. The summed E-state index contributed by atoms with van der Waals surface area (Å²) >= 11 is 1.42. The van der Waals surface area contributed by atoms with Crippen LogP contribution in [-0.4, -0.2) is 47.2 Å². The summed E-state index contributed by atoms with van der Waals surface area (Å²) < 4.78 is 0. The maximum absolute atomic E-state index is 11.7. The van der Waals surface area contributed by atoms with Crippen LogP contribution in [0.15, 0.2) is 11.2 Å². The minimum atomic E-state index is -0.438. The van der Waals surface area contributed by atoms with E-state index in [1.807, 2.05) is 13.2 Å². The van der Waals surface area contributed by atoms with Crippen LogP contribution < -0.4 is 15.5 Å². The number of amides is 2. The largest absolute Gasteiger partial charge is 0.370 e. The smallest absolute Gasteiger partial charge is 0.249 e. The number of aromatic nitrogens is 2. The van der Waals surface area contributed by atoms with Crippen LogP contribution in [-0.2, 0) is 9.59 Å². The zero-order valence-corrected chi connectivity index (χ0v) is 12.5. The van der Waals surface area contributed by atoms with Crippen molar-refractivity contribution in [2.45, 2.75) is 25.0 Å². The third-order valence-corrected chi connectivity index (χ3v) is 3.50. The van der Waals surface area contributed by atoms with E-state index in [1.54, 1.807) is 17.9 Å². The van der Waals surface area contributed by atoms with E-state index in [0.717, 1.165) is 6.54 Å². The fourth-order valence-electron chi connectivity index (χ4n) is 1.92. The van der Waals surface area contributed by atoms with E-state index in [9.17, 15) is 9.59 Å². The molecule has 1 unspecified atom stereocenters. The van der Waals surface area contributed by atoms with Gasteiger partial charge in [-0.1, -0.05) is 11.8 Å². The van der Waals surface area contributed by atoms with Gasteiger partial charge in [-0.2, -0.15) is 0 Å². The number of hydrogen-bond donors (Lipinski definition) is 2. The standard InChI is InChI=1S/C12H17N5O2S/c1-4-13-8-5-9(15-12(14-8)20-3)17-6-10(18)16-11(19)7(17)2/h5,7H,4,6H2,1-3H3,(H,13,14,15)(H,16,18,19). The molecule has 2 N–H and O–H groups in total. The average Bonchev–Trinajstić information content (AvgIpc) is 2.42. The number of thioether (sulfide) groups is 1. The SMILES string of the molecule is CCNc1cc(N2CC(=O)NC(=O)C2C)nc(SC)n1. The van der Waals surface area contributed by atoms with E-state index in [-0.39, 0.29) is 18.4 Å². The molecule has 0 radical (unpaired) electrons. The second-order valence-electron chi connectivity index (χ2n) is 4.34. The Kier molecular flexibility index (Phi) is 4.43. The monoisotopic (exact) mass is 295 g/mol. The Morgan fingerprint density at radius 1 is 1.50 bits per heavy atom. The molecule has 0 saturated carbocycles. The van der Waals surface area contributed by atoms with Crippen LogP contribution in [0.1, 0.15) is 13.8 Å². The van der Waals surface area contributed by atoms with Gasteiger partial charge in [0.25, 0.3) is 0 Å². The van der Waals surface area contributed by atoms with Crippen LogP contribution in [0.25, 0.3) is 0 Å². The average molecular weight is 295 g/mol. The van der Waals surface area contributed by atoms with E-state index in [1.165, 1.54) is 11.8 Å². The topological polar surface area (TPSA) is 87.2 Å². The molecule has 0 bridgehead atoms. The molecular weight excluding hydrogens is 278 g/mol. The first-order valence-corrected chi connectivity index (χ1v) is 7.55. The van der Waals surface area contributed by atoms with Gasteiger partial charge in [-0.3, -0.25) is 14.9 Å². The lowest BCUT2D eigenvalue weighted by molar-refractivity contribution is -0.132. The van der Waals surface area contributed by atoms with E-state index < -0.39 is 6.04 Å². The van der Waals surface area contributed by atoms with Crippen LogP contribution in [0.4, 0.5) is 11.6 Å². The Morgan fingerprint density at radius 3 is 2.90 bits per heavy atom. The lowest BCUT2D eigenvalue weighted by Crippen LogP contribution is -2.57. The van der Waals surface area contributed by atoms with Gasteiger partial charge in [-0.15, -0.1) is 0 Å². The van der Waals surface area contributed by atoms with E-state index in [4.69, 9.17) is 0 Å². The number of anilines is 2. The van der Waals surface area contributed by atoms with Crippen molar-refractivity contribution in [3.63, 3.8) is 0 Å². The van der Waals surface area contributed by atoms with Gasteiger partial charge in [0.2, 0.25) is 11.8 Å². The zero-order valence-electron chi connectivity index (χ0n) is 11.6. The number of piperazine rings is 1. The summed E-state index contributed by atoms with van der Waals surface area (Å²) in [5, 5.41) is 6.04. The van der Waals surface area contributed by atoms with Crippen molar-refractivity contribution in [3.8, 4) is 0 Å². The maximum atomic E-state index is 11.7. The molecule has 0 aromatic carbocycles. The fraction of sp³-hybridized carbons (Fsp3) is 0.500. The van der Waals surface area contributed by atoms with Gasteiger partial charge in [0, 0.05) is 12.6 Å². The van der Waals surface area contributed by atoms with Crippen molar-refractivity contribution < 1.29 is 9.59 Å². The highest BCUT2D eigenvalue weighted by molar-refractivity contribution is 7.98. The van der Waals surface area contributed by atoms with Gasteiger partial charge in [0.15, 0.2) is 5.16 Å². The highest BCUT2D eigenvalue weighted by Crippen LogP contribution is 2.23. The molecule has 1 aromatic heterocycles. The van der Waals surface area contributed by atoms with Crippen molar-refractivity contribution in [1.29, 1.82) is 0 Å². The Bertz CT molecular complexity index is 537. The third kappa shape index (κ3) is 3.01. The molecule has 0 aliphatic carbocycles. The molecule has 1 atom stereocenters. The molecule has 2 heterocycles. The predicted octanol–water partition coefficient (Wildman–Crippen LogP) is 0.482. The normalized spacial score (nSPS) is 18.9. The molecular formula is C12H17N5O2S. The van der Waals surface area contributed by atoms with Crippen molar-refractivity contribution in [2.24, 2.45) is 0 Å². The molecule has 1 aromatic rings. The molecule has 1 saturated heterocycles. The van der Waals surface area contributed by atoms with E-state index in [0.29, 0.717) is 16.8 Å². The number of imide groups is 1. The molecule has 8 heteroatoms. The van der Waals surface area contributed by atoms with Gasteiger partial charge < -0.3 is 10.2 Å². The van der Waals surface area contributed by atoms with E-state index in [2.05, 4.69) is 20.6 Å². The van der Waals surface area contributed by atoms with Gasteiger partial charge in [-0.05, 0) is 20.1 Å². The summed E-state index contributed by atoms with van der Waals surface area (Å²) in [5.74, 6) is 0.640. The highest BCUT2D eigenvalue weighted by Gasteiger charge is 2.31. The number of rotatable bonds is 4. The van der Waals surface area contributed by atoms with Crippen LogP contribution in [0, 0.1) is 0 Å². The Labute approximate surface area is 121 Å². The number of hydrogen-bond acceptors (Lipinski definition) is 7. The summed E-state index contributed by atoms with van der Waals surface area (Å²) in [7, 11) is 0. The van der Waals surface area contributed by atoms with Crippen molar-refractivity contribution in [2.75, 3.05) is 29.6 Å². The van der Waals surface area contributed by atoms with Gasteiger partial charge in [-0.25, -0.2) is 9.97 Å². The Hall–Kier alpha value is -1.83. The fourth-order valence-corrected chi connectivity index (χ4v) is 2.29. The van der Waals surface area contributed by atoms with Crippen molar-refractivity contribution in [1.82, 2.24) is 15.3 Å². The van der Waals surface area contributed by atoms with Crippen LogP contribution >= 0.6 is 11.8 Å². The Balaban J connectivity index is 2.36. The molecule has 20 heavy (non-hydrogen) atoms. The van der Waals surface area contributed by atoms with Gasteiger partial charge >= 0.3 is 0 Å². The van der Waals surface area contributed by atoms with Crippen LogP contribution in [0.5, 0.6) is 0 Å². The molecule has 1 aliphatic heterocycles. The van der Waals surface area contributed by atoms with Crippen LogP contribution in [0.2, 0.25) is 0 Å². The first-order chi connectivity index (χ1) is 9.55. The van der Waals surface area contributed by atoms with Gasteiger partial charge in [0.1, 0.15) is 17.7 Å². The predicted molar refractivity (Wildman–Crippen MR) is 77.9 cm³/mol. The molecule has 0 spiro atoms. The van der Waals surface area contributed by atoms with Crippen molar-refractivity contribution in [3.05, 3.63) is 6.07 Å². The number of carbonyl (C=O) groups excluding carboxylic acids is 2. The third-order valence-electron chi connectivity index (χ3n) is 2.95. The summed E-state index contributed by atoms with van der Waals surface area (Å²) in [6, 6.07) is 1.32. The number of carbonyl (C=O) groups is 2. The second kappa shape index (κ2) is 6.08. The zero-order chi connectivity index (χ0) is 14.7. The van der Waals surface area contributed by atoms with Gasteiger partial charge in [0.05, 0.1) is 6.54 Å². The van der Waals surface area contributed by atoms with Crippen LogP contribution in [0.3, 0.4) is 0 Å². The summed E-state index contributed by atoms with van der Waals surface area (Å²) in [6.07, 6.45) is 1.88. The molecule has 1 fully saturated rings. The van der Waals surface area contributed by atoms with Crippen molar-refractivity contribution >= 4 is 35.2 Å². The van der Waals surface area contributed by atoms with E-state index >= 15 is 0 Å². The lowest BCUT2D eigenvalue weighted by atomic mass is 10.2. The Morgan fingerprint density at radius 2 is 2.25 bits per heavy atom. The first kappa shape index (κ1) is 14.6. The minimum Gasteiger partial charge on any atom is -0.370 e. The number of nitrogens with zero attached hydrogens (tertiary/aromatic N) is 3. The summed E-state index contributed by atoms with van der Waals surface area (Å²) in [4.78, 5) is 33.6. The summed E-state index contributed by atoms with van der Waals surface area (Å²) in [6.45, 7) is 4.57. The molecule has 2 rings (SSSR count). The minimum absolute atomic E-state index is 0.114. The quantitative estimate of drug-likeness (QED) is 0.474. The molecule has 2 amide bonds. The molecule has 7 nitrogen and oxygen atoms in total.